The Kier molecular flexibility index (Phi) is 11.0. The van der Waals surface area contributed by atoms with Gasteiger partial charge in [-0.05, 0) is 90.1 Å². The van der Waals surface area contributed by atoms with Crippen LogP contribution in [0.15, 0.2) is 140 Å². The Labute approximate surface area is 352 Å². The number of hydrogen-bond acceptors (Lipinski definition) is 10. The minimum absolute atomic E-state index is 0.0985. The molecule has 0 radical (unpaired) electrons. The number of para-hydroxylation sites is 2. The van der Waals surface area contributed by atoms with Crippen LogP contribution in [0.2, 0.25) is 0 Å². The zero-order valence-electron chi connectivity index (χ0n) is 30.7. The first kappa shape index (κ1) is 39.0. The first-order chi connectivity index (χ1) is 28.6. The Balaban J connectivity index is 0.000000169. The number of aromatic amines is 3. The number of hydrogen-bond donors (Lipinski definition) is 5. The molecule has 294 valence electrons. The first-order valence-corrected chi connectivity index (χ1v) is 20.9. The van der Waals surface area contributed by atoms with E-state index in [1.807, 2.05) is 60.0 Å². The molecule has 16 nitrogen and oxygen atoms in total. The van der Waals surface area contributed by atoms with Crippen LogP contribution in [0.3, 0.4) is 0 Å². The molecule has 0 aliphatic heterocycles. The summed E-state index contributed by atoms with van der Waals surface area (Å²) < 4.78 is 30.0. The van der Waals surface area contributed by atoms with Crippen LogP contribution in [0.25, 0.3) is 44.6 Å². The van der Waals surface area contributed by atoms with Crippen molar-refractivity contribution in [3.8, 4) is 22.8 Å². The Morgan fingerprint density at radius 3 is 1.88 bits per heavy atom. The van der Waals surface area contributed by atoms with Crippen LogP contribution >= 0.6 is 31.9 Å². The molecule has 0 spiro atoms. The molecule has 4 heterocycles. The van der Waals surface area contributed by atoms with E-state index in [9.17, 15) is 18.0 Å². The van der Waals surface area contributed by atoms with Crippen molar-refractivity contribution in [1.82, 2.24) is 50.8 Å². The lowest BCUT2D eigenvalue weighted by atomic mass is 10.1. The molecule has 0 fully saturated rings. The van der Waals surface area contributed by atoms with Gasteiger partial charge in [-0.15, -0.1) is 20.4 Å². The Bertz CT molecular complexity index is 3080. The second kappa shape index (κ2) is 16.6. The minimum atomic E-state index is -3.77. The standard InChI is InChI=1S/C22H15BrN6O3S.C18H15BrN6O/c23-14-9-10-17(16(12-14)21-26-28-29-27-21)25-22(30)18-11-13-5-4-8-19(20(13)24-18)33(31,32)15-6-2-1-3-7-15;1-2-25-15-6-4-3-5-11(15)9-16(25)18(26)20-14-8-7-12(19)10-13(14)17-21-23-24-22-17/h1-12,24H,(H,25,30)(H,26,27,28,29);3-10H,2H2,1H3,(H,20,26)(H,21,22,23,24). The summed E-state index contributed by atoms with van der Waals surface area (Å²) in [6, 6.07) is 35.3. The number of rotatable bonds is 9. The number of nitrogens with one attached hydrogen (secondary N) is 5. The maximum Gasteiger partial charge on any atom is 0.272 e. The van der Waals surface area contributed by atoms with Gasteiger partial charge < -0.3 is 20.2 Å². The average molecular weight is 935 g/mol. The normalized spacial score (nSPS) is 11.3. The van der Waals surface area contributed by atoms with Gasteiger partial charge in [0.05, 0.1) is 26.7 Å². The van der Waals surface area contributed by atoms with E-state index >= 15 is 0 Å². The van der Waals surface area contributed by atoms with Gasteiger partial charge in [-0.25, -0.2) is 8.42 Å². The van der Waals surface area contributed by atoms with Gasteiger partial charge in [0.15, 0.2) is 0 Å². The quantitative estimate of drug-likeness (QED) is 0.0937. The third-order valence-corrected chi connectivity index (χ3v) is 12.0. The zero-order valence-corrected chi connectivity index (χ0v) is 34.7. The summed E-state index contributed by atoms with van der Waals surface area (Å²) >= 11 is 6.84. The molecule has 19 heteroatoms. The second-order valence-electron chi connectivity index (χ2n) is 12.8. The lowest BCUT2D eigenvalue weighted by molar-refractivity contribution is 0.101. The predicted molar refractivity (Wildman–Crippen MR) is 228 cm³/mol. The Hall–Kier alpha value is -6.83. The van der Waals surface area contributed by atoms with E-state index in [1.54, 1.807) is 54.6 Å². The number of H-pyrrole nitrogens is 3. The summed E-state index contributed by atoms with van der Waals surface area (Å²) in [6.07, 6.45) is 0. The monoisotopic (exact) mass is 932 g/mol. The molecule has 5 aromatic carbocycles. The van der Waals surface area contributed by atoms with Crippen molar-refractivity contribution >= 4 is 86.7 Å². The topological polar surface area (TPSA) is 222 Å². The maximum atomic E-state index is 13.2. The van der Waals surface area contributed by atoms with Gasteiger partial charge >= 0.3 is 0 Å². The van der Waals surface area contributed by atoms with Crippen molar-refractivity contribution in [2.45, 2.75) is 23.3 Å². The highest BCUT2D eigenvalue weighted by atomic mass is 79.9. The van der Waals surface area contributed by atoms with Crippen molar-refractivity contribution in [3.63, 3.8) is 0 Å². The van der Waals surface area contributed by atoms with E-state index in [0.717, 1.165) is 19.8 Å². The number of benzene rings is 5. The predicted octanol–water partition coefficient (Wildman–Crippen LogP) is 8.05. The van der Waals surface area contributed by atoms with Gasteiger partial charge in [0.2, 0.25) is 21.5 Å². The summed E-state index contributed by atoms with van der Waals surface area (Å²) in [5.41, 5.74) is 4.55. The summed E-state index contributed by atoms with van der Waals surface area (Å²) in [7, 11) is -3.77. The highest BCUT2D eigenvalue weighted by molar-refractivity contribution is 9.10. The Morgan fingerprint density at radius 1 is 0.678 bits per heavy atom. The number of carbonyl (C=O) groups is 2. The van der Waals surface area contributed by atoms with Gasteiger partial charge in [-0.2, -0.15) is 10.4 Å². The summed E-state index contributed by atoms with van der Waals surface area (Å²) in [5, 5.41) is 35.4. The van der Waals surface area contributed by atoms with Crippen molar-refractivity contribution in [1.29, 1.82) is 0 Å². The van der Waals surface area contributed by atoms with Crippen LogP contribution in [0.1, 0.15) is 27.9 Å². The second-order valence-corrected chi connectivity index (χ2v) is 16.6. The smallest absolute Gasteiger partial charge is 0.272 e. The molecular formula is C40H30Br2N12O4S. The van der Waals surface area contributed by atoms with E-state index in [-0.39, 0.29) is 21.4 Å². The average Bonchev–Trinajstić information content (AvgIpc) is 4.09. The van der Waals surface area contributed by atoms with Crippen LogP contribution in [0, 0.1) is 0 Å². The molecular weight excluding hydrogens is 904 g/mol. The van der Waals surface area contributed by atoms with Gasteiger partial charge in [-0.1, -0.05) is 80.4 Å². The van der Waals surface area contributed by atoms with E-state index < -0.39 is 15.7 Å². The number of sulfone groups is 1. The third kappa shape index (κ3) is 8.02. The SMILES string of the molecule is CCn1c(C(=O)Nc2ccc(Br)cc2-c2nn[nH]n2)cc2ccccc21.O=C(Nc1ccc(Br)cc1-c1nn[nH]n1)c1cc2cccc(S(=O)(=O)c3ccccc3)c2[nH]1. The summed E-state index contributed by atoms with van der Waals surface area (Å²) in [4.78, 5) is 29.3. The number of fused-ring (bicyclic) bond motifs is 2. The molecule has 0 saturated carbocycles. The number of amides is 2. The van der Waals surface area contributed by atoms with Gasteiger partial charge in [-0.3, -0.25) is 9.59 Å². The molecule has 2 amide bonds. The van der Waals surface area contributed by atoms with E-state index in [4.69, 9.17) is 0 Å². The molecule has 0 saturated heterocycles. The number of halogens is 2. The number of tetrazole rings is 2. The molecule has 59 heavy (non-hydrogen) atoms. The summed E-state index contributed by atoms with van der Waals surface area (Å²) in [5.74, 6) is 0.105. The van der Waals surface area contributed by atoms with Crippen LogP contribution in [0.4, 0.5) is 11.4 Å². The van der Waals surface area contributed by atoms with Crippen molar-refractivity contribution in [3.05, 3.63) is 142 Å². The van der Waals surface area contributed by atoms with Crippen molar-refractivity contribution in [2.24, 2.45) is 0 Å². The molecule has 9 aromatic rings. The van der Waals surface area contributed by atoms with E-state index in [0.29, 0.717) is 57.3 Å². The third-order valence-electron chi connectivity index (χ3n) is 9.20. The lowest BCUT2D eigenvalue weighted by Crippen LogP contribution is -2.17. The fourth-order valence-corrected chi connectivity index (χ4v) is 8.68. The minimum Gasteiger partial charge on any atom is -0.349 e. The molecule has 9 rings (SSSR count). The lowest BCUT2D eigenvalue weighted by Gasteiger charge is -2.11. The van der Waals surface area contributed by atoms with Crippen LogP contribution < -0.4 is 10.6 Å². The number of carbonyl (C=O) groups excluding carboxylic acids is 2. The van der Waals surface area contributed by atoms with Crippen LogP contribution in [0.5, 0.6) is 0 Å². The first-order valence-electron chi connectivity index (χ1n) is 17.8. The Morgan fingerprint density at radius 2 is 1.27 bits per heavy atom. The van der Waals surface area contributed by atoms with Gasteiger partial charge in [0.25, 0.3) is 11.8 Å². The molecule has 0 bridgehead atoms. The fourth-order valence-electron chi connectivity index (χ4n) is 6.49. The summed E-state index contributed by atoms with van der Waals surface area (Å²) in [6.45, 7) is 2.72. The molecule has 0 aliphatic rings. The molecule has 0 unspecified atom stereocenters. The number of anilines is 2. The van der Waals surface area contributed by atoms with Crippen LogP contribution in [-0.2, 0) is 16.4 Å². The highest BCUT2D eigenvalue weighted by Gasteiger charge is 2.23. The van der Waals surface area contributed by atoms with Crippen LogP contribution in [-0.4, -0.2) is 71.0 Å². The maximum absolute atomic E-state index is 13.2. The van der Waals surface area contributed by atoms with Crippen molar-refractivity contribution in [2.75, 3.05) is 10.6 Å². The number of aryl methyl sites for hydroxylation is 1. The highest BCUT2D eigenvalue weighted by Crippen LogP contribution is 2.32. The van der Waals surface area contributed by atoms with E-state index in [1.165, 1.54) is 18.2 Å². The van der Waals surface area contributed by atoms with Gasteiger partial charge in [0, 0.05) is 42.9 Å². The zero-order chi connectivity index (χ0) is 41.1. The molecule has 0 atom stereocenters. The molecule has 0 aliphatic carbocycles. The molecule has 4 aromatic heterocycles. The largest absolute Gasteiger partial charge is 0.349 e. The molecule has 5 N–H and O–H groups in total. The van der Waals surface area contributed by atoms with E-state index in [2.05, 4.69) is 88.7 Å². The number of nitrogens with zero attached hydrogens (tertiary/aromatic N) is 7. The number of aromatic nitrogens is 10. The van der Waals surface area contributed by atoms with Crippen molar-refractivity contribution < 1.29 is 18.0 Å². The van der Waals surface area contributed by atoms with Gasteiger partial charge in [0.1, 0.15) is 11.4 Å². The fraction of sp³-hybridized carbons (Fsp3) is 0.0500.